The first kappa shape index (κ1) is 13.8. The van der Waals surface area contributed by atoms with Crippen molar-refractivity contribution in [3.63, 3.8) is 0 Å². The van der Waals surface area contributed by atoms with E-state index in [9.17, 15) is 5.26 Å². The van der Waals surface area contributed by atoms with E-state index in [1.54, 1.807) is 19.5 Å². The summed E-state index contributed by atoms with van der Waals surface area (Å²) in [6, 6.07) is 12.1. The van der Waals surface area contributed by atoms with Crippen LogP contribution in [0.1, 0.15) is 16.7 Å². The van der Waals surface area contributed by atoms with Crippen LogP contribution < -0.4 is 10.5 Å². The highest BCUT2D eigenvalue weighted by molar-refractivity contribution is 5.91. The van der Waals surface area contributed by atoms with E-state index in [0.29, 0.717) is 23.3 Å². The van der Waals surface area contributed by atoms with E-state index in [1.807, 2.05) is 30.3 Å². The molecule has 0 saturated carbocycles. The van der Waals surface area contributed by atoms with Crippen LogP contribution in [-0.4, -0.2) is 17.1 Å². The minimum atomic E-state index is 0.219. The molecule has 0 aliphatic rings. The van der Waals surface area contributed by atoms with Gasteiger partial charge in [0.1, 0.15) is 17.6 Å². The average molecular weight is 290 g/mol. The first-order valence-corrected chi connectivity index (χ1v) is 6.78. The number of nitrogen functional groups attached to an aromatic ring is 1. The molecule has 0 aliphatic heterocycles. The lowest BCUT2D eigenvalue weighted by molar-refractivity contribution is 0.418. The van der Waals surface area contributed by atoms with Gasteiger partial charge in [0.05, 0.1) is 36.0 Å². The van der Waals surface area contributed by atoms with Crippen molar-refractivity contribution < 1.29 is 4.74 Å². The second-order valence-electron chi connectivity index (χ2n) is 4.86. The van der Waals surface area contributed by atoms with Gasteiger partial charge >= 0.3 is 0 Å². The van der Waals surface area contributed by atoms with Crippen LogP contribution in [0.2, 0.25) is 0 Å². The number of nitriles is 1. The molecule has 0 unspecified atom stereocenters. The highest BCUT2D eigenvalue weighted by Gasteiger charge is 2.17. The molecule has 3 aromatic rings. The van der Waals surface area contributed by atoms with Crippen molar-refractivity contribution in [3.05, 3.63) is 59.4 Å². The first-order valence-electron chi connectivity index (χ1n) is 6.78. The number of pyridine rings is 2. The number of nitrogens with zero attached hydrogens (tertiary/aromatic N) is 3. The van der Waals surface area contributed by atoms with E-state index < -0.39 is 0 Å². The van der Waals surface area contributed by atoms with Crippen molar-refractivity contribution in [2.24, 2.45) is 0 Å². The lowest BCUT2D eigenvalue weighted by Gasteiger charge is -2.13. The smallest absolute Gasteiger partial charge is 0.146 e. The molecule has 0 fully saturated rings. The van der Waals surface area contributed by atoms with E-state index in [4.69, 9.17) is 10.5 Å². The van der Waals surface area contributed by atoms with Crippen LogP contribution in [0.15, 0.2) is 42.7 Å². The minimum absolute atomic E-state index is 0.219. The molecule has 5 heteroatoms. The summed E-state index contributed by atoms with van der Waals surface area (Å²) in [5.41, 5.74) is 8.86. The fourth-order valence-electron chi connectivity index (χ4n) is 2.54. The second-order valence-corrected chi connectivity index (χ2v) is 4.86. The number of fused-ring (bicyclic) bond motifs is 1. The molecule has 0 aliphatic carbocycles. The third-order valence-electron chi connectivity index (χ3n) is 3.55. The first-order chi connectivity index (χ1) is 10.7. The normalized spacial score (nSPS) is 10.4. The minimum Gasteiger partial charge on any atom is -0.494 e. The predicted molar refractivity (Wildman–Crippen MR) is 84.5 cm³/mol. The highest BCUT2D eigenvalue weighted by Crippen LogP contribution is 2.32. The Morgan fingerprint density at radius 2 is 2.00 bits per heavy atom. The van der Waals surface area contributed by atoms with E-state index in [0.717, 1.165) is 16.5 Å². The van der Waals surface area contributed by atoms with Gasteiger partial charge in [-0.05, 0) is 17.5 Å². The number of methoxy groups -OCH3 is 1. The van der Waals surface area contributed by atoms with Crippen LogP contribution in [0.4, 0.5) is 5.82 Å². The van der Waals surface area contributed by atoms with Crippen molar-refractivity contribution in [1.82, 2.24) is 9.97 Å². The summed E-state index contributed by atoms with van der Waals surface area (Å²) >= 11 is 0. The summed E-state index contributed by atoms with van der Waals surface area (Å²) in [4.78, 5) is 8.37. The van der Waals surface area contributed by atoms with Crippen LogP contribution >= 0.6 is 0 Å². The van der Waals surface area contributed by atoms with E-state index in [1.165, 1.54) is 0 Å². The molecule has 22 heavy (non-hydrogen) atoms. The molecule has 0 atom stereocenters. The van der Waals surface area contributed by atoms with Gasteiger partial charge in [-0.15, -0.1) is 0 Å². The summed E-state index contributed by atoms with van der Waals surface area (Å²) in [6.45, 7) is 0. The Bertz CT molecular complexity index is 869. The Labute approximate surface area is 128 Å². The van der Waals surface area contributed by atoms with Gasteiger partial charge in [-0.3, -0.25) is 4.98 Å². The number of anilines is 1. The Morgan fingerprint density at radius 1 is 1.23 bits per heavy atom. The number of nitrogens with two attached hydrogens (primary N) is 1. The van der Waals surface area contributed by atoms with Gasteiger partial charge in [0.25, 0.3) is 0 Å². The average Bonchev–Trinajstić information content (AvgIpc) is 2.55. The number of rotatable bonds is 3. The molecule has 3 rings (SSSR count). The Morgan fingerprint density at radius 3 is 2.68 bits per heavy atom. The Hall–Kier alpha value is -3.13. The topological polar surface area (TPSA) is 84.8 Å². The van der Waals surface area contributed by atoms with Crippen LogP contribution in [0.25, 0.3) is 10.9 Å². The molecule has 2 aromatic heterocycles. The van der Waals surface area contributed by atoms with E-state index in [-0.39, 0.29) is 5.82 Å². The molecule has 5 nitrogen and oxygen atoms in total. The number of aromatic nitrogens is 2. The summed E-state index contributed by atoms with van der Waals surface area (Å²) < 4.78 is 5.39. The molecule has 0 radical (unpaired) electrons. The fourth-order valence-corrected chi connectivity index (χ4v) is 2.54. The maximum Gasteiger partial charge on any atom is 0.146 e. The van der Waals surface area contributed by atoms with Crippen molar-refractivity contribution in [3.8, 4) is 11.8 Å². The van der Waals surface area contributed by atoms with Gasteiger partial charge in [-0.2, -0.15) is 5.26 Å². The lowest BCUT2D eigenvalue weighted by Crippen LogP contribution is -2.04. The number of benzene rings is 1. The summed E-state index contributed by atoms with van der Waals surface area (Å²) in [7, 11) is 1.57. The summed E-state index contributed by atoms with van der Waals surface area (Å²) in [5.74, 6) is 0.809. The molecule has 1 aromatic carbocycles. The summed E-state index contributed by atoms with van der Waals surface area (Å²) in [6.07, 6.45) is 3.83. The fraction of sp³-hybridized carbons (Fsp3) is 0.118. The van der Waals surface area contributed by atoms with Crippen molar-refractivity contribution >= 4 is 16.7 Å². The van der Waals surface area contributed by atoms with Gasteiger partial charge in [0, 0.05) is 0 Å². The van der Waals surface area contributed by atoms with Crippen molar-refractivity contribution in [2.75, 3.05) is 12.8 Å². The van der Waals surface area contributed by atoms with Crippen LogP contribution in [0.3, 0.4) is 0 Å². The summed E-state index contributed by atoms with van der Waals surface area (Å²) in [5, 5.41) is 10.3. The SMILES string of the molecule is COc1cncc2nc(N)c(C#N)c(Cc3ccccc3)c12. The molecule has 2 N–H and O–H groups in total. The Kier molecular flexibility index (Phi) is 3.58. The molecular weight excluding hydrogens is 276 g/mol. The molecule has 2 heterocycles. The van der Waals surface area contributed by atoms with Crippen LogP contribution in [-0.2, 0) is 6.42 Å². The van der Waals surface area contributed by atoms with Crippen LogP contribution in [0, 0.1) is 11.3 Å². The van der Waals surface area contributed by atoms with E-state index in [2.05, 4.69) is 16.0 Å². The van der Waals surface area contributed by atoms with Gasteiger partial charge < -0.3 is 10.5 Å². The third-order valence-corrected chi connectivity index (χ3v) is 3.55. The maximum absolute atomic E-state index is 9.47. The number of hydrogen-bond acceptors (Lipinski definition) is 5. The monoisotopic (exact) mass is 290 g/mol. The van der Waals surface area contributed by atoms with Crippen molar-refractivity contribution in [2.45, 2.75) is 6.42 Å². The van der Waals surface area contributed by atoms with Crippen LogP contribution in [0.5, 0.6) is 5.75 Å². The third kappa shape index (κ3) is 2.31. The van der Waals surface area contributed by atoms with Gasteiger partial charge in [0.2, 0.25) is 0 Å². The zero-order valence-electron chi connectivity index (χ0n) is 12.1. The maximum atomic E-state index is 9.47. The standard InChI is InChI=1S/C17H14N4O/c1-22-15-10-20-9-14-16(15)12(13(8-18)17(19)21-14)7-11-5-3-2-4-6-11/h2-6,9-10H,7H2,1H3,(H2,19,21). The molecule has 0 bridgehead atoms. The quantitative estimate of drug-likeness (QED) is 0.801. The largest absolute Gasteiger partial charge is 0.494 e. The molecule has 0 spiro atoms. The zero-order valence-corrected chi connectivity index (χ0v) is 12.1. The second kappa shape index (κ2) is 5.70. The molecule has 0 saturated heterocycles. The van der Waals surface area contributed by atoms with Gasteiger partial charge in [-0.1, -0.05) is 30.3 Å². The number of hydrogen-bond donors (Lipinski definition) is 1. The van der Waals surface area contributed by atoms with Crippen molar-refractivity contribution in [1.29, 1.82) is 5.26 Å². The lowest BCUT2D eigenvalue weighted by atomic mass is 9.96. The van der Waals surface area contributed by atoms with Gasteiger partial charge in [-0.25, -0.2) is 4.98 Å². The zero-order chi connectivity index (χ0) is 15.5. The van der Waals surface area contributed by atoms with Gasteiger partial charge in [0.15, 0.2) is 0 Å². The Balaban J connectivity index is 2.31. The highest BCUT2D eigenvalue weighted by atomic mass is 16.5. The molecular formula is C17H14N4O. The van der Waals surface area contributed by atoms with E-state index >= 15 is 0 Å². The number of ether oxygens (including phenoxy) is 1. The molecule has 108 valence electrons. The molecule has 0 amide bonds. The predicted octanol–water partition coefficient (Wildman–Crippen LogP) is 2.68.